The van der Waals surface area contributed by atoms with Crippen LogP contribution < -0.4 is 4.74 Å². The molecule has 0 atom stereocenters. The van der Waals surface area contributed by atoms with Gasteiger partial charge in [-0.1, -0.05) is 23.7 Å². The molecule has 140 valence electrons. The predicted molar refractivity (Wildman–Crippen MR) is 112 cm³/mol. The number of hydrogen-bond acceptors (Lipinski definition) is 4. The Morgan fingerprint density at radius 3 is 2.59 bits per heavy atom. The molecule has 2 aromatic carbocycles. The van der Waals surface area contributed by atoms with Crippen LogP contribution in [0.5, 0.6) is 5.75 Å². The third-order valence-electron chi connectivity index (χ3n) is 3.80. The zero-order chi connectivity index (χ0) is 19.6. The first-order chi connectivity index (χ1) is 13.0. The van der Waals surface area contributed by atoms with E-state index in [4.69, 9.17) is 21.1 Å². The molecular formula is C19H15Br2ClN2O3. The Kier molecular flexibility index (Phi) is 6.24. The molecule has 0 aliphatic rings. The summed E-state index contributed by atoms with van der Waals surface area (Å²) in [7, 11) is 1.60. The van der Waals surface area contributed by atoms with Gasteiger partial charge in [-0.2, -0.15) is 5.10 Å². The van der Waals surface area contributed by atoms with E-state index < -0.39 is 5.97 Å². The number of hydrogen-bond donors (Lipinski definition) is 0. The first-order valence-corrected chi connectivity index (χ1v) is 9.98. The van der Waals surface area contributed by atoms with Crippen LogP contribution in [0.2, 0.25) is 5.02 Å². The minimum Gasteiger partial charge on any atom is -0.496 e. The summed E-state index contributed by atoms with van der Waals surface area (Å²) in [6, 6.07) is 12.9. The first-order valence-electron chi connectivity index (χ1n) is 8.02. The van der Waals surface area contributed by atoms with Gasteiger partial charge in [-0.3, -0.25) is 0 Å². The van der Waals surface area contributed by atoms with Gasteiger partial charge in [0.1, 0.15) is 5.75 Å². The molecule has 1 heterocycles. The van der Waals surface area contributed by atoms with E-state index in [1.54, 1.807) is 24.8 Å². The summed E-state index contributed by atoms with van der Waals surface area (Å²) in [4.78, 5) is 12.4. The maximum atomic E-state index is 12.4. The van der Waals surface area contributed by atoms with Crippen molar-refractivity contribution in [1.29, 1.82) is 0 Å². The number of para-hydroxylation sites is 1. The van der Waals surface area contributed by atoms with Gasteiger partial charge in [0.05, 0.1) is 39.1 Å². The maximum Gasteiger partial charge on any atom is 0.360 e. The highest BCUT2D eigenvalue weighted by atomic mass is 79.9. The summed E-state index contributed by atoms with van der Waals surface area (Å²) in [6.45, 7) is 2.01. The highest BCUT2D eigenvalue weighted by Crippen LogP contribution is 2.38. The molecule has 0 unspecified atom stereocenters. The van der Waals surface area contributed by atoms with Crippen LogP contribution in [0, 0.1) is 0 Å². The van der Waals surface area contributed by atoms with Crippen molar-refractivity contribution in [1.82, 2.24) is 9.78 Å². The van der Waals surface area contributed by atoms with Gasteiger partial charge in [-0.05, 0) is 69.1 Å². The summed E-state index contributed by atoms with van der Waals surface area (Å²) >= 11 is 13.4. The molecule has 3 aromatic rings. The lowest BCUT2D eigenvalue weighted by molar-refractivity contribution is 0.0518. The minimum absolute atomic E-state index is 0.179. The minimum atomic E-state index is -0.510. The van der Waals surface area contributed by atoms with Gasteiger partial charge in [-0.15, -0.1) is 0 Å². The van der Waals surface area contributed by atoms with Crippen molar-refractivity contribution in [3.63, 3.8) is 0 Å². The largest absolute Gasteiger partial charge is 0.496 e. The van der Waals surface area contributed by atoms with Gasteiger partial charge in [0.25, 0.3) is 0 Å². The Bertz CT molecular complexity index is 1000. The van der Waals surface area contributed by atoms with Crippen LogP contribution in [0.25, 0.3) is 16.9 Å². The number of carbonyl (C=O) groups excluding carboxylic acids is 1. The van der Waals surface area contributed by atoms with Gasteiger partial charge < -0.3 is 9.47 Å². The fourth-order valence-corrected chi connectivity index (χ4v) is 3.98. The first kappa shape index (κ1) is 19.9. The third kappa shape index (κ3) is 3.90. The van der Waals surface area contributed by atoms with Crippen molar-refractivity contribution in [3.05, 3.63) is 62.1 Å². The van der Waals surface area contributed by atoms with E-state index in [9.17, 15) is 4.79 Å². The lowest BCUT2D eigenvalue weighted by Gasteiger charge is -2.11. The molecule has 0 spiro atoms. The fourth-order valence-electron chi connectivity index (χ4n) is 2.59. The van der Waals surface area contributed by atoms with Crippen LogP contribution in [0.1, 0.15) is 17.4 Å². The van der Waals surface area contributed by atoms with Crippen LogP contribution in [0.3, 0.4) is 0 Å². The molecule has 1 aromatic heterocycles. The lowest BCUT2D eigenvalue weighted by atomic mass is 10.1. The second-order valence-corrected chi connectivity index (χ2v) is 7.50. The number of halogens is 3. The van der Waals surface area contributed by atoms with Crippen LogP contribution in [-0.2, 0) is 4.74 Å². The van der Waals surface area contributed by atoms with Crippen molar-refractivity contribution in [2.45, 2.75) is 6.92 Å². The molecule has 5 nitrogen and oxygen atoms in total. The molecule has 0 N–H and O–H groups in total. The van der Waals surface area contributed by atoms with E-state index in [0.717, 1.165) is 10.0 Å². The third-order valence-corrected chi connectivity index (χ3v) is 5.49. The van der Waals surface area contributed by atoms with Gasteiger partial charge >= 0.3 is 5.97 Å². The number of ether oxygens (including phenoxy) is 2. The van der Waals surface area contributed by atoms with Gasteiger partial charge in [0, 0.05) is 5.56 Å². The highest BCUT2D eigenvalue weighted by molar-refractivity contribution is 9.11. The summed E-state index contributed by atoms with van der Waals surface area (Å²) < 4.78 is 13.4. The molecule has 0 aliphatic carbocycles. The molecule has 27 heavy (non-hydrogen) atoms. The quantitative estimate of drug-likeness (QED) is 0.398. The Hall–Kier alpha value is -1.83. The molecular weight excluding hydrogens is 499 g/mol. The summed E-state index contributed by atoms with van der Waals surface area (Å²) in [5.41, 5.74) is 2.32. The van der Waals surface area contributed by atoms with Crippen LogP contribution in [-0.4, -0.2) is 29.5 Å². The normalized spacial score (nSPS) is 10.7. The second-order valence-electron chi connectivity index (χ2n) is 5.44. The molecule has 0 saturated heterocycles. The van der Waals surface area contributed by atoms with Crippen molar-refractivity contribution in [3.8, 4) is 22.7 Å². The molecule has 0 amide bonds. The molecule has 0 radical (unpaired) electrons. The zero-order valence-corrected chi connectivity index (χ0v) is 18.4. The predicted octanol–water partition coefficient (Wildman–Crippen LogP) is 5.90. The van der Waals surface area contributed by atoms with Crippen molar-refractivity contribution >= 4 is 49.4 Å². The standard InChI is InChI=1S/C19H15Br2ClN2O3/c1-3-27-19(25)17-16(21)18(11-8-9-15(26-2)12(20)10-11)24(23-17)14-7-5-4-6-13(14)22/h4-10H,3H2,1-2H3. The number of benzene rings is 2. The van der Waals surface area contributed by atoms with Crippen LogP contribution in [0.4, 0.5) is 0 Å². The topological polar surface area (TPSA) is 53.3 Å². The number of methoxy groups -OCH3 is 1. The van der Waals surface area contributed by atoms with E-state index in [1.807, 2.05) is 36.4 Å². The molecule has 0 saturated carbocycles. The number of carbonyl (C=O) groups is 1. The average Bonchev–Trinajstić information content (AvgIpc) is 2.99. The monoisotopic (exact) mass is 512 g/mol. The number of aromatic nitrogens is 2. The van der Waals surface area contributed by atoms with E-state index in [1.165, 1.54) is 0 Å². The maximum absolute atomic E-state index is 12.4. The van der Waals surface area contributed by atoms with Crippen LogP contribution in [0.15, 0.2) is 51.4 Å². The molecule has 0 bridgehead atoms. The Balaban J connectivity index is 2.26. The molecule has 8 heteroatoms. The van der Waals surface area contributed by atoms with E-state index in [2.05, 4.69) is 37.0 Å². The van der Waals surface area contributed by atoms with Crippen molar-refractivity contribution in [2.75, 3.05) is 13.7 Å². The fraction of sp³-hybridized carbons (Fsp3) is 0.158. The zero-order valence-electron chi connectivity index (χ0n) is 14.5. The SMILES string of the molecule is CCOC(=O)c1nn(-c2ccccc2Cl)c(-c2ccc(OC)c(Br)c2)c1Br. The summed E-state index contributed by atoms with van der Waals surface area (Å²) in [6.07, 6.45) is 0. The van der Waals surface area contributed by atoms with E-state index >= 15 is 0 Å². The average molecular weight is 515 g/mol. The molecule has 0 fully saturated rings. The van der Waals surface area contributed by atoms with Gasteiger partial charge in [-0.25, -0.2) is 9.48 Å². The number of nitrogens with zero attached hydrogens (tertiary/aromatic N) is 2. The summed E-state index contributed by atoms with van der Waals surface area (Å²) in [5.74, 6) is 0.188. The number of rotatable bonds is 5. The van der Waals surface area contributed by atoms with Crippen molar-refractivity contribution in [2.24, 2.45) is 0 Å². The summed E-state index contributed by atoms with van der Waals surface area (Å²) in [5, 5.41) is 4.98. The Morgan fingerprint density at radius 1 is 1.22 bits per heavy atom. The van der Waals surface area contributed by atoms with E-state index in [-0.39, 0.29) is 12.3 Å². The Morgan fingerprint density at radius 2 is 1.96 bits per heavy atom. The Labute approximate surface area is 178 Å². The second kappa shape index (κ2) is 8.46. The van der Waals surface area contributed by atoms with Gasteiger partial charge in [0.2, 0.25) is 0 Å². The lowest BCUT2D eigenvalue weighted by Crippen LogP contribution is -2.07. The van der Waals surface area contributed by atoms with Crippen LogP contribution >= 0.6 is 43.5 Å². The smallest absolute Gasteiger partial charge is 0.360 e. The molecule has 0 aliphatic heterocycles. The van der Waals surface area contributed by atoms with E-state index in [0.29, 0.717) is 26.6 Å². The number of esters is 1. The van der Waals surface area contributed by atoms with Crippen molar-refractivity contribution < 1.29 is 14.3 Å². The van der Waals surface area contributed by atoms with Gasteiger partial charge in [0.15, 0.2) is 5.69 Å². The highest BCUT2D eigenvalue weighted by Gasteiger charge is 2.25. The molecule has 3 rings (SSSR count).